The topological polar surface area (TPSA) is 45.6 Å². The fourth-order valence-corrected chi connectivity index (χ4v) is 0. The van der Waals surface area contributed by atoms with Crippen molar-refractivity contribution in [2.45, 2.75) is 0 Å². The molecule has 0 unspecified atom stereocenters. The minimum atomic E-state index is 0. The molecule has 18 valence electrons. The molecule has 0 bridgehead atoms. The third-order valence-electron chi connectivity index (χ3n) is 0. The second kappa shape index (κ2) is 26.9. The number of hydrogen-bond acceptors (Lipinski definition) is 1. The van der Waals surface area contributed by atoms with Gasteiger partial charge in [-0.05, 0) is 0 Å². The molecule has 0 atom stereocenters. The molecule has 0 aliphatic rings. The molecule has 0 aromatic heterocycles. The molecule has 0 heterocycles. The van der Waals surface area contributed by atoms with Gasteiger partial charge in [0.2, 0.25) is 0 Å². The van der Waals surface area contributed by atoms with Crippen LogP contribution in [0, 0.1) is 0 Å². The van der Waals surface area contributed by atoms with Crippen molar-refractivity contribution in [1.82, 2.24) is 0 Å². The summed E-state index contributed by atoms with van der Waals surface area (Å²) in [5.41, 5.74) is 0. The SMILES string of the molecule is [Mg+2].[O-2].[O]=[Sb+]. The Morgan fingerprint density at radius 2 is 1.25 bits per heavy atom. The molecule has 2 radical (unpaired) electrons. The van der Waals surface area contributed by atoms with Crippen LogP contribution in [0.4, 0.5) is 0 Å². The van der Waals surface area contributed by atoms with Crippen LogP contribution in [0.2, 0.25) is 0 Å². The molecule has 2 nitrogen and oxygen atoms in total. The molecule has 0 aliphatic heterocycles. The summed E-state index contributed by atoms with van der Waals surface area (Å²) in [4.78, 5) is 0. The predicted molar refractivity (Wildman–Crippen MR) is 12.9 cm³/mol. The Bertz CT molecular complexity index is 6.00. The Hall–Kier alpha value is 1.34. The monoisotopic (exact) mass is 177 g/mol. The Morgan fingerprint density at radius 1 is 1.25 bits per heavy atom. The maximum atomic E-state index is 8.30. The second-order valence-electron chi connectivity index (χ2n) is 0. The molecule has 0 amide bonds. The summed E-state index contributed by atoms with van der Waals surface area (Å²) in [6, 6.07) is 0. The van der Waals surface area contributed by atoms with Crippen LogP contribution in [0.3, 0.4) is 0 Å². The molecule has 0 aromatic rings. The molecular weight excluding hydrogens is 178 g/mol. The summed E-state index contributed by atoms with van der Waals surface area (Å²) < 4.78 is 8.30. The van der Waals surface area contributed by atoms with Crippen LogP contribution in [0.15, 0.2) is 0 Å². The minimum absolute atomic E-state index is 0. The maximum absolute atomic E-state index is 8.30. The van der Waals surface area contributed by atoms with E-state index in [0.717, 1.165) is 0 Å². The molecule has 0 aliphatic carbocycles. The van der Waals surface area contributed by atoms with Gasteiger partial charge in [0.25, 0.3) is 0 Å². The molecule has 0 saturated heterocycles. The summed E-state index contributed by atoms with van der Waals surface area (Å²) in [5, 5.41) is 0. The Kier molecular flexibility index (Phi) is 123. The summed E-state index contributed by atoms with van der Waals surface area (Å²) in [6.07, 6.45) is 0. The zero-order chi connectivity index (χ0) is 2.00. The van der Waals surface area contributed by atoms with Crippen LogP contribution in [0.1, 0.15) is 0 Å². The van der Waals surface area contributed by atoms with Crippen LogP contribution < -0.4 is 0 Å². The Labute approximate surface area is 54.3 Å². The Morgan fingerprint density at radius 3 is 1.25 bits per heavy atom. The van der Waals surface area contributed by atoms with Gasteiger partial charge in [-0.3, -0.25) is 0 Å². The van der Waals surface area contributed by atoms with E-state index in [1.165, 1.54) is 0 Å². The average Bonchev–Trinajstić information content (AvgIpc) is 1.00. The van der Waals surface area contributed by atoms with Crippen molar-refractivity contribution >= 4 is 46.1 Å². The van der Waals surface area contributed by atoms with Gasteiger partial charge in [0, 0.05) is 0 Å². The van der Waals surface area contributed by atoms with E-state index in [1.54, 1.807) is 0 Å². The van der Waals surface area contributed by atoms with E-state index < -0.39 is 0 Å². The van der Waals surface area contributed by atoms with E-state index in [0.29, 0.717) is 23.0 Å². The van der Waals surface area contributed by atoms with Crippen LogP contribution in [0.5, 0.6) is 0 Å². The third-order valence-corrected chi connectivity index (χ3v) is 0. The number of hydrogen-bond donors (Lipinski definition) is 0. The zero-order valence-electron chi connectivity index (χ0n) is 1.97. The van der Waals surface area contributed by atoms with E-state index in [1.807, 2.05) is 0 Å². The van der Waals surface area contributed by atoms with Crippen molar-refractivity contribution in [2.75, 3.05) is 0 Å². The molecule has 0 spiro atoms. The number of rotatable bonds is 0. The van der Waals surface area contributed by atoms with Gasteiger partial charge in [-0.2, -0.15) is 0 Å². The first-order valence-corrected chi connectivity index (χ1v) is 1.22. The Balaban J connectivity index is -0.00000000500. The van der Waals surface area contributed by atoms with Gasteiger partial charge in [-0.1, -0.05) is 0 Å². The third kappa shape index (κ3) is 10.2. The predicted octanol–water partition coefficient (Wildman–Crippen LogP) is -0.999. The first-order chi connectivity index (χ1) is 1.00. The summed E-state index contributed by atoms with van der Waals surface area (Å²) in [7, 11) is 0. The fourth-order valence-electron chi connectivity index (χ4n) is 0. The zero-order valence-corrected chi connectivity index (χ0v) is 5.94. The van der Waals surface area contributed by atoms with Crippen molar-refractivity contribution in [3.8, 4) is 0 Å². The van der Waals surface area contributed by atoms with Crippen LogP contribution in [0.25, 0.3) is 0 Å². The van der Waals surface area contributed by atoms with Gasteiger partial charge in [-0.15, -0.1) is 0 Å². The first-order valence-electron chi connectivity index (χ1n) is 0.183. The normalized spacial score (nSPS) is 1.00. The van der Waals surface area contributed by atoms with Crippen molar-refractivity contribution in [3.05, 3.63) is 0 Å². The molecule has 0 aromatic carbocycles. The van der Waals surface area contributed by atoms with Crippen molar-refractivity contribution < 1.29 is 8.49 Å². The molecule has 4 heteroatoms. The fraction of sp³-hybridized carbons (Fsp3) is 0. The summed E-state index contributed by atoms with van der Waals surface area (Å²) in [6.45, 7) is 0. The molecule has 0 saturated carbocycles. The van der Waals surface area contributed by atoms with Gasteiger partial charge in [-0.25, -0.2) is 0 Å². The van der Waals surface area contributed by atoms with Crippen LogP contribution in [-0.2, 0) is 8.49 Å². The van der Waals surface area contributed by atoms with E-state index in [4.69, 9.17) is 3.02 Å². The average molecular weight is 178 g/mol. The molecule has 0 rings (SSSR count). The first kappa shape index (κ1) is 18.4. The molecular formula is MgO2Sb+. The van der Waals surface area contributed by atoms with Gasteiger partial charge < -0.3 is 5.48 Å². The molecule has 0 N–H and O–H groups in total. The van der Waals surface area contributed by atoms with E-state index in [-0.39, 0.29) is 28.5 Å². The standard InChI is InChI=1S/Mg.2O.Sb/q+2;;-2;+1. The van der Waals surface area contributed by atoms with Crippen LogP contribution >= 0.6 is 0 Å². The van der Waals surface area contributed by atoms with Gasteiger partial charge >= 0.3 is 49.1 Å². The van der Waals surface area contributed by atoms with E-state index >= 15 is 0 Å². The van der Waals surface area contributed by atoms with E-state index in [9.17, 15) is 0 Å². The second-order valence-corrected chi connectivity index (χ2v) is 0. The molecule has 4 heavy (non-hydrogen) atoms. The van der Waals surface area contributed by atoms with Gasteiger partial charge in [0.15, 0.2) is 0 Å². The van der Waals surface area contributed by atoms with Crippen molar-refractivity contribution in [2.24, 2.45) is 0 Å². The van der Waals surface area contributed by atoms with Gasteiger partial charge in [0.05, 0.1) is 0 Å². The van der Waals surface area contributed by atoms with Gasteiger partial charge in [0.1, 0.15) is 0 Å². The van der Waals surface area contributed by atoms with E-state index in [2.05, 4.69) is 0 Å². The molecule has 0 fully saturated rings. The van der Waals surface area contributed by atoms with Crippen LogP contribution in [-0.4, -0.2) is 46.1 Å². The quantitative estimate of drug-likeness (QED) is 0.439. The summed E-state index contributed by atoms with van der Waals surface area (Å²) >= 11 is 0.500. The summed E-state index contributed by atoms with van der Waals surface area (Å²) in [5.74, 6) is 0. The van der Waals surface area contributed by atoms with Crippen molar-refractivity contribution in [1.29, 1.82) is 0 Å². The van der Waals surface area contributed by atoms with Crippen molar-refractivity contribution in [3.63, 3.8) is 0 Å².